The molecule has 1 atom stereocenters. The number of amides is 2. The molecule has 1 saturated heterocycles. The molecule has 1 aliphatic heterocycles. The molecule has 0 unspecified atom stereocenters. The molecule has 1 aromatic rings. The lowest BCUT2D eigenvalue weighted by Gasteiger charge is -2.28. The van der Waals surface area contributed by atoms with E-state index in [-0.39, 0.29) is 23.1 Å². The summed E-state index contributed by atoms with van der Waals surface area (Å²) in [5.74, 6) is 1.12. The molecule has 6 nitrogen and oxygen atoms in total. The molecule has 2 amide bonds. The average molecular weight is 374 g/mol. The van der Waals surface area contributed by atoms with E-state index in [9.17, 15) is 9.59 Å². The van der Waals surface area contributed by atoms with Crippen LogP contribution in [0.3, 0.4) is 0 Å². The largest absolute Gasteiger partial charge is 0.490 e. The Morgan fingerprint density at radius 3 is 2.44 bits per heavy atom. The summed E-state index contributed by atoms with van der Waals surface area (Å²) < 4.78 is 11.2. The normalized spacial score (nSPS) is 20.7. The van der Waals surface area contributed by atoms with Crippen molar-refractivity contribution in [3.63, 3.8) is 0 Å². The molecule has 2 aliphatic rings. The van der Waals surface area contributed by atoms with E-state index >= 15 is 0 Å². The fourth-order valence-electron chi connectivity index (χ4n) is 4.61. The molecule has 2 fully saturated rings. The van der Waals surface area contributed by atoms with Crippen molar-refractivity contribution in [1.29, 1.82) is 0 Å². The summed E-state index contributed by atoms with van der Waals surface area (Å²) in [6.45, 7) is 6.00. The molecule has 1 spiro atoms. The number of ether oxygens (including phenoxy) is 2. The van der Waals surface area contributed by atoms with Crippen molar-refractivity contribution in [3.8, 4) is 11.5 Å². The van der Waals surface area contributed by atoms with Gasteiger partial charge >= 0.3 is 0 Å². The highest BCUT2D eigenvalue weighted by Gasteiger charge is 2.52. The van der Waals surface area contributed by atoms with E-state index in [0.29, 0.717) is 43.4 Å². The Balaban J connectivity index is 1.83. The third-order valence-electron chi connectivity index (χ3n) is 5.89. The topological polar surface area (TPSA) is 67.9 Å². The Labute approximate surface area is 161 Å². The molecule has 1 heterocycles. The number of carbonyl (C=O) groups excluding carboxylic acids is 2. The monoisotopic (exact) mass is 374 g/mol. The summed E-state index contributed by atoms with van der Waals surface area (Å²) in [6.07, 6.45) is 4.30. The maximum Gasteiger partial charge on any atom is 0.254 e. The maximum atomic E-state index is 13.2. The van der Waals surface area contributed by atoms with Crippen LogP contribution in [0.5, 0.6) is 11.5 Å². The van der Waals surface area contributed by atoms with Gasteiger partial charge in [0, 0.05) is 31.1 Å². The van der Waals surface area contributed by atoms with Gasteiger partial charge in [-0.05, 0) is 44.9 Å². The molecule has 3 rings (SSSR count). The lowest BCUT2D eigenvalue weighted by atomic mass is 9.76. The predicted molar refractivity (Wildman–Crippen MR) is 103 cm³/mol. The van der Waals surface area contributed by atoms with Crippen LogP contribution in [0, 0.1) is 11.3 Å². The molecule has 0 bridgehead atoms. The maximum absolute atomic E-state index is 13.2. The zero-order valence-corrected chi connectivity index (χ0v) is 16.5. The summed E-state index contributed by atoms with van der Waals surface area (Å²) in [7, 11) is 1.68. The summed E-state index contributed by atoms with van der Waals surface area (Å²) in [5, 5.41) is 2.79. The molecular weight excluding hydrogens is 344 g/mol. The number of nitrogens with one attached hydrogen (secondary N) is 1. The van der Waals surface area contributed by atoms with E-state index in [0.717, 1.165) is 25.7 Å². The second kappa shape index (κ2) is 8.19. The molecule has 1 aromatic carbocycles. The van der Waals surface area contributed by atoms with Crippen LogP contribution in [0.1, 0.15) is 49.9 Å². The van der Waals surface area contributed by atoms with Gasteiger partial charge in [0.2, 0.25) is 5.91 Å². The van der Waals surface area contributed by atoms with E-state index < -0.39 is 0 Å². The fraction of sp³-hybridized carbons (Fsp3) is 0.619. The van der Waals surface area contributed by atoms with E-state index in [1.54, 1.807) is 25.2 Å². The summed E-state index contributed by atoms with van der Waals surface area (Å²) in [5.41, 5.74) is 0.511. The first kappa shape index (κ1) is 19.5. The van der Waals surface area contributed by atoms with Crippen molar-refractivity contribution >= 4 is 11.8 Å². The first-order chi connectivity index (χ1) is 13.0. The van der Waals surface area contributed by atoms with E-state index in [2.05, 4.69) is 5.32 Å². The molecular formula is C21H30N2O4. The second-order valence-electron chi connectivity index (χ2n) is 7.45. The van der Waals surface area contributed by atoms with Crippen LogP contribution in [0.4, 0.5) is 0 Å². The van der Waals surface area contributed by atoms with Crippen LogP contribution in [-0.4, -0.2) is 50.1 Å². The summed E-state index contributed by atoms with van der Waals surface area (Å²) in [4.78, 5) is 27.5. The third kappa shape index (κ3) is 3.75. The van der Waals surface area contributed by atoms with Gasteiger partial charge in [-0.1, -0.05) is 12.8 Å². The predicted octanol–water partition coefficient (Wildman–Crippen LogP) is 2.86. The van der Waals surface area contributed by atoms with Crippen molar-refractivity contribution in [1.82, 2.24) is 10.2 Å². The van der Waals surface area contributed by atoms with Crippen molar-refractivity contribution in [2.45, 2.75) is 39.5 Å². The minimum atomic E-state index is -0.122. The fourth-order valence-corrected chi connectivity index (χ4v) is 4.61. The van der Waals surface area contributed by atoms with Gasteiger partial charge < -0.3 is 19.7 Å². The van der Waals surface area contributed by atoms with Gasteiger partial charge in [-0.2, -0.15) is 0 Å². The van der Waals surface area contributed by atoms with Gasteiger partial charge in [0.05, 0.1) is 19.1 Å². The van der Waals surface area contributed by atoms with Crippen molar-refractivity contribution in [2.75, 3.05) is 33.4 Å². The minimum Gasteiger partial charge on any atom is -0.490 e. The first-order valence-electron chi connectivity index (χ1n) is 9.95. The number of benzene rings is 1. The molecule has 27 heavy (non-hydrogen) atoms. The van der Waals surface area contributed by atoms with Gasteiger partial charge in [0.25, 0.3) is 5.91 Å². The van der Waals surface area contributed by atoms with Gasteiger partial charge in [0.15, 0.2) is 11.5 Å². The summed E-state index contributed by atoms with van der Waals surface area (Å²) >= 11 is 0. The third-order valence-corrected chi connectivity index (χ3v) is 5.89. The van der Waals surface area contributed by atoms with Crippen LogP contribution in [0.2, 0.25) is 0 Å². The molecule has 6 heteroatoms. The Morgan fingerprint density at radius 2 is 1.81 bits per heavy atom. The number of carbonyl (C=O) groups is 2. The van der Waals surface area contributed by atoms with Gasteiger partial charge in [-0.3, -0.25) is 9.59 Å². The van der Waals surface area contributed by atoms with Crippen molar-refractivity contribution in [2.24, 2.45) is 11.3 Å². The Hall–Kier alpha value is -2.24. The highest BCUT2D eigenvalue weighted by atomic mass is 16.5. The lowest BCUT2D eigenvalue weighted by molar-refractivity contribution is -0.127. The SMILES string of the molecule is CCOc1ccc(C(=O)N2C[C@@H](C(=O)NC)C3(CCCC3)C2)cc1OCC. The number of rotatable bonds is 6. The first-order valence-corrected chi connectivity index (χ1v) is 9.95. The number of hydrogen-bond donors (Lipinski definition) is 1. The highest BCUT2D eigenvalue weighted by molar-refractivity contribution is 5.96. The highest BCUT2D eigenvalue weighted by Crippen LogP contribution is 2.49. The van der Waals surface area contributed by atoms with Gasteiger partial charge in [-0.25, -0.2) is 0 Å². The van der Waals surface area contributed by atoms with Crippen LogP contribution >= 0.6 is 0 Å². The van der Waals surface area contributed by atoms with Crippen LogP contribution in [-0.2, 0) is 4.79 Å². The number of hydrogen-bond acceptors (Lipinski definition) is 4. The lowest BCUT2D eigenvalue weighted by Crippen LogP contribution is -2.38. The van der Waals surface area contributed by atoms with E-state index in [1.165, 1.54) is 0 Å². The van der Waals surface area contributed by atoms with E-state index in [1.807, 2.05) is 18.7 Å². The van der Waals surface area contributed by atoms with Gasteiger partial charge in [-0.15, -0.1) is 0 Å². The van der Waals surface area contributed by atoms with Crippen LogP contribution < -0.4 is 14.8 Å². The van der Waals surface area contributed by atoms with Gasteiger partial charge in [0.1, 0.15) is 0 Å². The summed E-state index contributed by atoms with van der Waals surface area (Å²) in [6, 6.07) is 5.33. The Kier molecular flexibility index (Phi) is 5.92. The molecule has 0 radical (unpaired) electrons. The number of nitrogens with zero attached hydrogens (tertiary/aromatic N) is 1. The second-order valence-corrected chi connectivity index (χ2v) is 7.45. The van der Waals surface area contributed by atoms with Crippen molar-refractivity contribution in [3.05, 3.63) is 23.8 Å². The minimum absolute atomic E-state index is 0.0447. The Morgan fingerprint density at radius 1 is 1.15 bits per heavy atom. The molecule has 1 N–H and O–H groups in total. The molecule has 1 aliphatic carbocycles. The average Bonchev–Trinajstić information content (AvgIpc) is 3.30. The Bertz CT molecular complexity index is 697. The van der Waals surface area contributed by atoms with Crippen LogP contribution in [0.25, 0.3) is 0 Å². The zero-order chi connectivity index (χ0) is 19.4. The smallest absolute Gasteiger partial charge is 0.254 e. The standard InChI is InChI=1S/C21H30N2O4/c1-4-26-17-9-8-15(12-18(17)27-5-2)20(25)23-13-16(19(24)22-3)21(14-23)10-6-7-11-21/h8-9,12,16H,4-7,10-11,13-14H2,1-3H3,(H,22,24)/t16-/m0/s1. The molecule has 1 saturated carbocycles. The zero-order valence-electron chi connectivity index (χ0n) is 16.5. The molecule has 0 aromatic heterocycles. The van der Waals surface area contributed by atoms with Crippen LogP contribution in [0.15, 0.2) is 18.2 Å². The molecule has 148 valence electrons. The number of likely N-dealkylation sites (tertiary alicyclic amines) is 1. The quantitative estimate of drug-likeness (QED) is 0.831. The van der Waals surface area contributed by atoms with E-state index in [4.69, 9.17) is 9.47 Å². The van der Waals surface area contributed by atoms with Crippen molar-refractivity contribution < 1.29 is 19.1 Å².